The first kappa shape index (κ1) is 18.5. The van der Waals surface area contributed by atoms with Crippen molar-refractivity contribution >= 4 is 0 Å². The molecule has 0 aromatic carbocycles. The highest BCUT2D eigenvalue weighted by atomic mass is 15.5. The van der Waals surface area contributed by atoms with E-state index in [0.29, 0.717) is 5.92 Å². The van der Waals surface area contributed by atoms with Crippen LogP contribution in [0.1, 0.15) is 95.1 Å². The first-order valence-corrected chi connectivity index (χ1v) is 9.35. The molecule has 0 amide bonds. The molecular weight excluding hydrogens is 304 g/mol. The molecule has 2 N–H and O–H groups in total. The van der Waals surface area contributed by atoms with Gasteiger partial charge in [-0.25, -0.2) is 0 Å². The zero-order valence-electron chi connectivity index (χ0n) is 14.7. The second-order valence-electron chi connectivity index (χ2n) is 6.45. The van der Waals surface area contributed by atoms with E-state index in [1.54, 1.807) is 0 Å². The van der Waals surface area contributed by atoms with E-state index in [4.69, 9.17) is 0 Å². The van der Waals surface area contributed by atoms with Gasteiger partial charge in [0.1, 0.15) is 0 Å². The van der Waals surface area contributed by atoms with Gasteiger partial charge in [0.05, 0.1) is 0 Å². The Morgan fingerprint density at radius 2 is 1.42 bits per heavy atom. The van der Waals surface area contributed by atoms with Crippen LogP contribution in [0.3, 0.4) is 0 Å². The van der Waals surface area contributed by atoms with Crippen molar-refractivity contribution in [3.05, 3.63) is 11.6 Å². The zero-order chi connectivity index (χ0) is 16.9. The molecule has 2 aromatic rings. The number of nitrogens with one attached hydrogen (secondary N) is 2. The molecule has 0 fully saturated rings. The molecular formula is C16H30N8. The van der Waals surface area contributed by atoms with Crippen LogP contribution in [0.2, 0.25) is 0 Å². The number of H-pyrrole nitrogens is 2. The average Bonchev–Trinajstić information content (AvgIpc) is 3.29. The van der Waals surface area contributed by atoms with Gasteiger partial charge in [0.2, 0.25) is 0 Å². The Labute approximate surface area is 143 Å². The van der Waals surface area contributed by atoms with Gasteiger partial charge in [-0.1, -0.05) is 68.7 Å². The molecule has 2 aromatic heterocycles. The smallest absolute Gasteiger partial charge is 0.177 e. The van der Waals surface area contributed by atoms with Gasteiger partial charge in [0.25, 0.3) is 0 Å². The SMILES string of the molecule is CCCCCCCCCCC(CCCc1nn[nH]n1)c1nn[nH]n1. The first-order valence-electron chi connectivity index (χ1n) is 9.35. The minimum atomic E-state index is 0.371. The molecule has 0 spiro atoms. The summed E-state index contributed by atoms with van der Waals surface area (Å²) in [5, 5.41) is 28.7. The molecule has 8 heteroatoms. The van der Waals surface area contributed by atoms with Crippen LogP contribution >= 0.6 is 0 Å². The van der Waals surface area contributed by atoms with Crippen LogP contribution < -0.4 is 0 Å². The lowest BCUT2D eigenvalue weighted by Gasteiger charge is -2.12. The van der Waals surface area contributed by atoms with Crippen LogP contribution in [0, 0.1) is 0 Å². The first-order chi connectivity index (χ1) is 11.9. The summed E-state index contributed by atoms with van der Waals surface area (Å²) < 4.78 is 0. The number of aryl methyl sites for hydroxylation is 1. The van der Waals surface area contributed by atoms with Gasteiger partial charge in [0.15, 0.2) is 11.6 Å². The number of tetrazole rings is 2. The fourth-order valence-electron chi connectivity index (χ4n) is 3.06. The summed E-state index contributed by atoms with van der Waals surface area (Å²) in [6, 6.07) is 0. The number of unbranched alkanes of at least 4 members (excludes halogenated alkanes) is 7. The van der Waals surface area contributed by atoms with Crippen molar-refractivity contribution in [2.75, 3.05) is 0 Å². The van der Waals surface area contributed by atoms with E-state index in [1.165, 1.54) is 51.4 Å². The standard InChI is InChI=1S/C16H30N8/c1-2-3-4-5-6-7-8-9-11-14(16-19-23-24-20-16)12-10-13-15-17-21-22-18-15/h14H,2-13H2,1H3,(H,17,18,21,22)(H,19,20,23,24). The maximum absolute atomic E-state index is 4.18. The summed E-state index contributed by atoms with van der Waals surface area (Å²) >= 11 is 0. The summed E-state index contributed by atoms with van der Waals surface area (Å²) in [7, 11) is 0. The summed E-state index contributed by atoms with van der Waals surface area (Å²) in [4.78, 5) is 0. The summed E-state index contributed by atoms with van der Waals surface area (Å²) in [5.41, 5.74) is 0. The Bertz CT molecular complexity index is 496. The molecule has 1 atom stereocenters. The summed E-state index contributed by atoms with van der Waals surface area (Å²) in [6.45, 7) is 2.26. The fraction of sp³-hybridized carbons (Fsp3) is 0.875. The molecule has 2 rings (SSSR count). The van der Waals surface area contributed by atoms with Crippen LogP contribution in [0.15, 0.2) is 0 Å². The third kappa shape index (κ3) is 7.14. The van der Waals surface area contributed by atoms with Gasteiger partial charge in [0, 0.05) is 12.3 Å². The second kappa shape index (κ2) is 11.6. The molecule has 134 valence electrons. The largest absolute Gasteiger partial charge is 0.177 e. The van der Waals surface area contributed by atoms with E-state index in [9.17, 15) is 0 Å². The lowest BCUT2D eigenvalue weighted by atomic mass is 9.94. The summed E-state index contributed by atoms with van der Waals surface area (Å²) in [6.07, 6.45) is 14.7. The van der Waals surface area contributed by atoms with Crippen LogP contribution in [-0.4, -0.2) is 41.2 Å². The second-order valence-corrected chi connectivity index (χ2v) is 6.45. The van der Waals surface area contributed by atoms with Crippen molar-refractivity contribution in [1.82, 2.24) is 41.2 Å². The minimum absolute atomic E-state index is 0.371. The molecule has 8 nitrogen and oxygen atoms in total. The fourth-order valence-corrected chi connectivity index (χ4v) is 3.06. The number of nitrogens with zero attached hydrogens (tertiary/aromatic N) is 6. The quantitative estimate of drug-likeness (QED) is 0.513. The van der Waals surface area contributed by atoms with Gasteiger partial charge in [-0.05, 0) is 19.3 Å². The van der Waals surface area contributed by atoms with Gasteiger partial charge in [-0.2, -0.15) is 10.4 Å². The predicted octanol–water partition coefficient (Wildman–Crippen LogP) is 3.35. The van der Waals surface area contributed by atoms with E-state index in [2.05, 4.69) is 48.2 Å². The zero-order valence-corrected chi connectivity index (χ0v) is 14.7. The predicted molar refractivity (Wildman–Crippen MR) is 91.3 cm³/mol. The van der Waals surface area contributed by atoms with E-state index in [1.807, 2.05) is 0 Å². The Balaban J connectivity index is 1.62. The van der Waals surface area contributed by atoms with Gasteiger partial charge in [-0.15, -0.1) is 20.4 Å². The van der Waals surface area contributed by atoms with Crippen molar-refractivity contribution in [3.63, 3.8) is 0 Å². The monoisotopic (exact) mass is 334 g/mol. The molecule has 0 aliphatic heterocycles. The van der Waals surface area contributed by atoms with Crippen molar-refractivity contribution in [2.24, 2.45) is 0 Å². The Morgan fingerprint density at radius 1 is 0.750 bits per heavy atom. The molecule has 0 aliphatic rings. The van der Waals surface area contributed by atoms with Crippen LogP contribution in [-0.2, 0) is 6.42 Å². The van der Waals surface area contributed by atoms with Crippen LogP contribution in [0.5, 0.6) is 0 Å². The number of hydrogen-bond donors (Lipinski definition) is 2. The third-order valence-electron chi connectivity index (χ3n) is 4.48. The van der Waals surface area contributed by atoms with E-state index in [0.717, 1.165) is 37.3 Å². The van der Waals surface area contributed by atoms with Crippen molar-refractivity contribution < 1.29 is 0 Å². The molecule has 0 radical (unpaired) electrons. The maximum Gasteiger partial charge on any atom is 0.177 e. The molecule has 0 bridgehead atoms. The maximum atomic E-state index is 4.18. The number of hydrogen-bond acceptors (Lipinski definition) is 6. The van der Waals surface area contributed by atoms with Gasteiger partial charge < -0.3 is 0 Å². The number of rotatable bonds is 14. The lowest BCUT2D eigenvalue weighted by Crippen LogP contribution is -2.03. The highest BCUT2D eigenvalue weighted by Crippen LogP contribution is 2.25. The van der Waals surface area contributed by atoms with Gasteiger partial charge >= 0.3 is 0 Å². The molecule has 2 heterocycles. The van der Waals surface area contributed by atoms with Crippen LogP contribution in [0.4, 0.5) is 0 Å². The number of aromatic amines is 2. The van der Waals surface area contributed by atoms with E-state index in [-0.39, 0.29) is 0 Å². The Kier molecular flexibility index (Phi) is 8.96. The normalized spacial score (nSPS) is 12.5. The lowest BCUT2D eigenvalue weighted by molar-refractivity contribution is 0.483. The van der Waals surface area contributed by atoms with Crippen molar-refractivity contribution in [3.8, 4) is 0 Å². The molecule has 1 unspecified atom stereocenters. The topological polar surface area (TPSA) is 109 Å². The van der Waals surface area contributed by atoms with Crippen molar-refractivity contribution in [1.29, 1.82) is 0 Å². The average molecular weight is 334 g/mol. The summed E-state index contributed by atoms with van der Waals surface area (Å²) in [5.74, 6) is 1.98. The Hall–Kier alpha value is -1.86. The third-order valence-corrected chi connectivity index (χ3v) is 4.48. The minimum Gasteiger partial charge on any atom is -0.177 e. The molecule has 0 aliphatic carbocycles. The highest BCUT2D eigenvalue weighted by Gasteiger charge is 2.16. The van der Waals surface area contributed by atoms with Crippen molar-refractivity contribution in [2.45, 2.75) is 89.9 Å². The van der Waals surface area contributed by atoms with E-state index >= 15 is 0 Å². The molecule has 0 saturated carbocycles. The molecule has 0 saturated heterocycles. The highest BCUT2D eigenvalue weighted by molar-refractivity contribution is 4.91. The van der Waals surface area contributed by atoms with Crippen LogP contribution in [0.25, 0.3) is 0 Å². The van der Waals surface area contributed by atoms with E-state index < -0.39 is 0 Å². The number of aromatic nitrogens is 8. The molecule has 24 heavy (non-hydrogen) atoms. The van der Waals surface area contributed by atoms with Gasteiger partial charge in [-0.3, -0.25) is 0 Å². The Morgan fingerprint density at radius 3 is 2.08 bits per heavy atom.